The zero-order valence-corrected chi connectivity index (χ0v) is 10.7. The SMILES string of the molecule is CC1(C(=O)O)[C@@H](C(=O)O)C(c2ccccc2)[C@@H]1C(=O)O. The molecule has 0 radical (unpaired) electrons. The maximum absolute atomic E-state index is 11.4. The summed E-state index contributed by atoms with van der Waals surface area (Å²) in [5.74, 6) is -7.34. The molecule has 0 aromatic heterocycles. The van der Waals surface area contributed by atoms with E-state index in [9.17, 15) is 29.7 Å². The molecule has 106 valence electrons. The summed E-state index contributed by atoms with van der Waals surface area (Å²) in [7, 11) is 0. The number of carboxylic acid groups (broad SMARTS) is 3. The summed E-state index contributed by atoms with van der Waals surface area (Å²) in [5.41, 5.74) is -1.27. The van der Waals surface area contributed by atoms with Crippen LogP contribution in [0.15, 0.2) is 30.3 Å². The monoisotopic (exact) mass is 278 g/mol. The van der Waals surface area contributed by atoms with Crippen molar-refractivity contribution in [3.63, 3.8) is 0 Å². The number of rotatable bonds is 4. The third kappa shape index (κ3) is 1.76. The molecule has 0 unspecified atom stereocenters. The summed E-state index contributed by atoms with van der Waals surface area (Å²) in [6.07, 6.45) is 0. The quantitative estimate of drug-likeness (QED) is 0.764. The van der Waals surface area contributed by atoms with E-state index in [0.29, 0.717) is 5.56 Å². The summed E-state index contributed by atoms with van der Waals surface area (Å²) in [6, 6.07) is 8.31. The molecule has 1 aliphatic carbocycles. The molecule has 2 atom stereocenters. The molecule has 1 aromatic carbocycles. The fourth-order valence-electron chi connectivity index (χ4n) is 3.16. The molecule has 2 rings (SSSR count). The highest BCUT2D eigenvalue weighted by Gasteiger charge is 2.69. The fourth-order valence-corrected chi connectivity index (χ4v) is 3.16. The Balaban J connectivity index is 2.53. The number of carboxylic acids is 3. The maximum Gasteiger partial charge on any atom is 0.311 e. The van der Waals surface area contributed by atoms with E-state index in [0.717, 1.165) is 0 Å². The Labute approximate surface area is 114 Å². The van der Waals surface area contributed by atoms with Crippen LogP contribution in [0.5, 0.6) is 0 Å². The third-order valence-electron chi connectivity index (χ3n) is 4.19. The standard InChI is InChI=1S/C14H14O6/c1-14(13(19)20)9(11(15)16)8(10(14)12(17)18)7-5-3-2-4-6-7/h2-6,8-10H,1H3,(H,15,16)(H,17,18)(H,19,20)/t8?,9-,10-,14?/m1/s1. The molecule has 0 aliphatic heterocycles. The van der Waals surface area contributed by atoms with Gasteiger partial charge in [-0.3, -0.25) is 14.4 Å². The molecule has 6 nitrogen and oxygen atoms in total. The second kappa shape index (κ2) is 4.63. The summed E-state index contributed by atoms with van der Waals surface area (Å²) >= 11 is 0. The Kier molecular flexibility index (Phi) is 3.25. The second-order valence-electron chi connectivity index (χ2n) is 5.16. The van der Waals surface area contributed by atoms with E-state index >= 15 is 0 Å². The fraction of sp³-hybridized carbons (Fsp3) is 0.357. The van der Waals surface area contributed by atoms with E-state index < -0.39 is 41.1 Å². The van der Waals surface area contributed by atoms with Crippen molar-refractivity contribution in [1.82, 2.24) is 0 Å². The van der Waals surface area contributed by atoms with Gasteiger partial charge in [0.05, 0.1) is 17.3 Å². The van der Waals surface area contributed by atoms with Crippen LogP contribution in [-0.4, -0.2) is 33.2 Å². The summed E-state index contributed by atoms with van der Waals surface area (Å²) in [4.78, 5) is 34.2. The molecule has 0 spiro atoms. The minimum absolute atomic E-state index is 0.533. The van der Waals surface area contributed by atoms with Crippen LogP contribution in [0.4, 0.5) is 0 Å². The van der Waals surface area contributed by atoms with Crippen molar-refractivity contribution >= 4 is 17.9 Å². The van der Waals surface area contributed by atoms with Crippen molar-refractivity contribution in [2.45, 2.75) is 12.8 Å². The molecule has 1 fully saturated rings. The van der Waals surface area contributed by atoms with Crippen molar-refractivity contribution in [2.24, 2.45) is 17.3 Å². The minimum atomic E-state index is -1.81. The number of benzene rings is 1. The Morgan fingerprint density at radius 2 is 1.40 bits per heavy atom. The summed E-state index contributed by atoms with van der Waals surface area (Å²) < 4.78 is 0. The van der Waals surface area contributed by atoms with Crippen LogP contribution in [-0.2, 0) is 14.4 Å². The maximum atomic E-state index is 11.4. The smallest absolute Gasteiger partial charge is 0.311 e. The van der Waals surface area contributed by atoms with E-state index in [-0.39, 0.29) is 0 Å². The lowest BCUT2D eigenvalue weighted by Crippen LogP contribution is -2.63. The van der Waals surface area contributed by atoms with Crippen LogP contribution < -0.4 is 0 Å². The zero-order chi connectivity index (χ0) is 15.1. The van der Waals surface area contributed by atoms with Crippen molar-refractivity contribution in [2.75, 3.05) is 0 Å². The molecule has 3 N–H and O–H groups in total. The van der Waals surface area contributed by atoms with Gasteiger partial charge in [-0.25, -0.2) is 0 Å². The molecule has 0 saturated heterocycles. The van der Waals surface area contributed by atoms with E-state index in [4.69, 9.17) is 0 Å². The first-order valence-corrected chi connectivity index (χ1v) is 6.05. The van der Waals surface area contributed by atoms with E-state index in [1.807, 2.05) is 0 Å². The Bertz CT molecular complexity index is 542. The molecular formula is C14H14O6. The number of hydrogen-bond acceptors (Lipinski definition) is 3. The number of hydrogen-bond donors (Lipinski definition) is 3. The Morgan fingerprint density at radius 1 is 0.950 bits per heavy atom. The van der Waals surface area contributed by atoms with Gasteiger partial charge in [-0.1, -0.05) is 30.3 Å². The average molecular weight is 278 g/mol. The molecule has 1 aromatic rings. The average Bonchev–Trinajstić information content (AvgIpc) is 2.35. The third-order valence-corrected chi connectivity index (χ3v) is 4.19. The summed E-state index contributed by atoms with van der Waals surface area (Å²) in [6.45, 7) is 1.19. The van der Waals surface area contributed by atoms with Crippen LogP contribution in [0.2, 0.25) is 0 Å². The molecule has 0 amide bonds. The number of aliphatic carboxylic acids is 3. The van der Waals surface area contributed by atoms with Gasteiger partial charge in [0.15, 0.2) is 0 Å². The predicted octanol–water partition coefficient (Wildman–Crippen LogP) is 1.28. The highest BCUT2D eigenvalue weighted by atomic mass is 16.4. The van der Waals surface area contributed by atoms with Crippen molar-refractivity contribution in [3.05, 3.63) is 35.9 Å². The van der Waals surface area contributed by atoms with Crippen molar-refractivity contribution < 1.29 is 29.7 Å². The summed E-state index contributed by atoms with van der Waals surface area (Å²) in [5, 5.41) is 27.9. The van der Waals surface area contributed by atoms with Crippen molar-refractivity contribution in [3.8, 4) is 0 Å². The van der Waals surface area contributed by atoms with Gasteiger partial charge in [0, 0.05) is 5.92 Å². The van der Waals surface area contributed by atoms with E-state index in [2.05, 4.69) is 0 Å². The lowest BCUT2D eigenvalue weighted by atomic mass is 9.45. The van der Waals surface area contributed by atoms with Gasteiger partial charge < -0.3 is 15.3 Å². The highest BCUT2D eigenvalue weighted by molar-refractivity contribution is 5.94. The first kappa shape index (κ1) is 14.0. The molecule has 6 heteroatoms. The Morgan fingerprint density at radius 3 is 1.75 bits per heavy atom. The van der Waals surface area contributed by atoms with Gasteiger partial charge in [-0.05, 0) is 12.5 Å². The lowest BCUT2D eigenvalue weighted by molar-refractivity contribution is -0.194. The van der Waals surface area contributed by atoms with Gasteiger partial charge in [-0.2, -0.15) is 0 Å². The van der Waals surface area contributed by atoms with Gasteiger partial charge in [-0.15, -0.1) is 0 Å². The molecule has 0 heterocycles. The second-order valence-corrected chi connectivity index (χ2v) is 5.16. The first-order valence-electron chi connectivity index (χ1n) is 6.05. The van der Waals surface area contributed by atoms with Crippen LogP contribution in [0, 0.1) is 17.3 Å². The van der Waals surface area contributed by atoms with Crippen molar-refractivity contribution in [1.29, 1.82) is 0 Å². The van der Waals surface area contributed by atoms with Crippen LogP contribution in [0.3, 0.4) is 0 Å². The topological polar surface area (TPSA) is 112 Å². The highest BCUT2D eigenvalue weighted by Crippen LogP contribution is 2.60. The van der Waals surface area contributed by atoms with E-state index in [1.165, 1.54) is 6.92 Å². The molecule has 1 saturated carbocycles. The van der Waals surface area contributed by atoms with Gasteiger partial charge >= 0.3 is 17.9 Å². The van der Waals surface area contributed by atoms with Gasteiger partial charge in [0.25, 0.3) is 0 Å². The van der Waals surface area contributed by atoms with Gasteiger partial charge in [0.1, 0.15) is 0 Å². The van der Waals surface area contributed by atoms with Crippen LogP contribution in [0.1, 0.15) is 18.4 Å². The molecule has 0 bridgehead atoms. The molecule has 1 aliphatic rings. The largest absolute Gasteiger partial charge is 0.481 e. The lowest BCUT2D eigenvalue weighted by Gasteiger charge is -2.53. The predicted molar refractivity (Wildman–Crippen MR) is 67.2 cm³/mol. The van der Waals surface area contributed by atoms with Crippen LogP contribution >= 0.6 is 0 Å². The molecule has 20 heavy (non-hydrogen) atoms. The number of carbonyl (C=O) groups is 3. The first-order chi connectivity index (χ1) is 9.31. The zero-order valence-electron chi connectivity index (χ0n) is 10.7. The van der Waals surface area contributed by atoms with E-state index in [1.54, 1.807) is 30.3 Å². The Hall–Kier alpha value is -2.37. The molecular weight excluding hydrogens is 264 g/mol. The van der Waals surface area contributed by atoms with Gasteiger partial charge in [0.2, 0.25) is 0 Å². The minimum Gasteiger partial charge on any atom is -0.481 e. The van der Waals surface area contributed by atoms with Crippen LogP contribution in [0.25, 0.3) is 0 Å². The normalized spacial score (nSPS) is 32.1.